The van der Waals surface area contributed by atoms with Crippen LogP contribution in [-0.2, 0) is 6.54 Å². The maximum absolute atomic E-state index is 5.93. The highest BCUT2D eigenvalue weighted by molar-refractivity contribution is 7.07. The van der Waals surface area contributed by atoms with Crippen molar-refractivity contribution in [3.8, 4) is 0 Å². The quantitative estimate of drug-likeness (QED) is 0.720. The molecule has 14 heavy (non-hydrogen) atoms. The minimum atomic E-state index is 0.646. The molecular formula is C11H16ClNS. The van der Waals surface area contributed by atoms with Crippen molar-refractivity contribution in [1.82, 2.24) is 4.90 Å². The van der Waals surface area contributed by atoms with Crippen LogP contribution in [0.5, 0.6) is 0 Å². The van der Waals surface area contributed by atoms with Gasteiger partial charge >= 0.3 is 0 Å². The molecule has 78 valence electrons. The monoisotopic (exact) mass is 229 g/mol. The van der Waals surface area contributed by atoms with Crippen molar-refractivity contribution in [3.05, 3.63) is 22.4 Å². The van der Waals surface area contributed by atoms with Crippen LogP contribution in [0.1, 0.15) is 18.9 Å². The van der Waals surface area contributed by atoms with Crippen molar-refractivity contribution in [3.63, 3.8) is 0 Å². The number of hydrogen-bond acceptors (Lipinski definition) is 2. The molecule has 0 aromatic carbocycles. The van der Waals surface area contributed by atoms with Gasteiger partial charge in [-0.1, -0.05) is 0 Å². The normalized spacial score (nSPS) is 28.4. The molecule has 0 saturated carbocycles. The van der Waals surface area contributed by atoms with Gasteiger partial charge in [0, 0.05) is 18.5 Å². The molecule has 0 N–H and O–H groups in total. The molecule has 2 heterocycles. The molecule has 1 aromatic heterocycles. The summed E-state index contributed by atoms with van der Waals surface area (Å²) in [5.74, 6) is 1.50. The molecule has 1 aromatic rings. The fraction of sp³-hybridized carbons (Fsp3) is 0.636. The largest absolute Gasteiger partial charge is 0.296 e. The number of hydrogen-bond donors (Lipinski definition) is 0. The zero-order valence-electron chi connectivity index (χ0n) is 8.45. The lowest BCUT2D eigenvalue weighted by molar-refractivity contribution is 0.240. The minimum Gasteiger partial charge on any atom is -0.296 e. The first kappa shape index (κ1) is 10.5. The van der Waals surface area contributed by atoms with Crippen LogP contribution in [0.3, 0.4) is 0 Å². The van der Waals surface area contributed by atoms with Crippen LogP contribution < -0.4 is 0 Å². The highest BCUT2D eigenvalue weighted by atomic mass is 35.5. The van der Waals surface area contributed by atoms with Crippen molar-refractivity contribution in [1.29, 1.82) is 0 Å². The number of thiophene rings is 1. The molecular weight excluding hydrogens is 214 g/mol. The highest BCUT2D eigenvalue weighted by Gasteiger charge is 2.29. The van der Waals surface area contributed by atoms with Crippen LogP contribution in [0, 0.1) is 5.92 Å². The Hall–Kier alpha value is -0.0500. The van der Waals surface area contributed by atoms with Gasteiger partial charge in [-0.2, -0.15) is 11.3 Å². The molecule has 3 heteroatoms. The standard InChI is InChI=1S/C11H16ClNS/c1-9-11(6-12)2-4-13(9)7-10-3-5-14-8-10/h3,5,8-9,11H,2,4,6-7H2,1H3. The lowest BCUT2D eigenvalue weighted by Gasteiger charge is -2.23. The van der Waals surface area contributed by atoms with E-state index in [0.717, 1.165) is 12.4 Å². The lowest BCUT2D eigenvalue weighted by atomic mass is 10.0. The molecule has 1 fully saturated rings. The number of halogens is 1. The molecule has 0 spiro atoms. The van der Waals surface area contributed by atoms with E-state index >= 15 is 0 Å². The average molecular weight is 230 g/mol. The van der Waals surface area contributed by atoms with E-state index in [1.807, 2.05) is 0 Å². The summed E-state index contributed by atoms with van der Waals surface area (Å²) in [7, 11) is 0. The zero-order valence-corrected chi connectivity index (χ0v) is 10.0. The van der Waals surface area contributed by atoms with Crippen molar-refractivity contribution in [2.24, 2.45) is 5.92 Å². The van der Waals surface area contributed by atoms with Gasteiger partial charge in [0.25, 0.3) is 0 Å². The van der Waals surface area contributed by atoms with Crippen molar-refractivity contribution in [2.45, 2.75) is 25.9 Å². The van der Waals surface area contributed by atoms with Crippen LogP contribution in [0.25, 0.3) is 0 Å². The van der Waals surface area contributed by atoms with Gasteiger partial charge in [-0.15, -0.1) is 11.6 Å². The van der Waals surface area contributed by atoms with E-state index in [2.05, 4.69) is 28.7 Å². The Labute approximate surface area is 94.7 Å². The lowest BCUT2D eigenvalue weighted by Crippen LogP contribution is -2.29. The Balaban J connectivity index is 1.94. The van der Waals surface area contributed by atoms with E-state index in [0.29, 0.717) is 12.0 Å². The zero-order chi connectivity index (χ0) is 9.97. The van der Waals surface area contributed by atoms with Crippen LogP contribution in [0.2, 0.25) is 0 Å². The van der Waals surface area contributed by atoms with Crippen LogP contribution >= 0.6 is 22.9 Å². The molecule has 1 nitrogen and oxygen atoms in total. The Morgan fingerprint density at radius 3 is 3.07 bits per heavy atom. The number of nitrogens with zero attached hydrogens (tertiary/aromatic N) is 1. The second-order valence-corrected chi connectivity index (χ2v) is 5.13. The predicted molar refractivity (Wildman–Crippen MR) is 63.0 cm³/mol. The maximum Gasteiger partial charge on any atom is 0.0267 e. The molecule has 1 aliphatic heterocycles. The second-order valence-electron chi connectivity index (χ2n) is 4.05. The fourth-order valence-corrected chi connectivity index (χ4v) is 3.19. The van der Waals surface area contributed by atoms with Gasteiger partial charge in [0.1, 0.15) is 0 Å². The summed E-state index contributed by atoms with van der Waals surface area (Å²) >= 11 is 7.70. The van der Waals surface area contributed by atoms with E-state index in [4.69, 9.17) is 11.6 Å². The minimum absolute atomic E-state index is 0.646. The van der Waals surface area contributed by atoms with Gasteiger partial charge in [0.15, 0.2) is 0 Å². The van der Waals surface area contributed by atoms with Gasteiger partial charge in [-0.3, -0.25) is 4.90 Å². The third kappa shape index (κ3) is 2.13. The number of rotatable bonds is 3. The number of likely N-dealkylation sites (tertiary alicyclic amines) is 1. The second kappa shape index (κ2) is 4.65. The van der Waals surface area contributed by atoms with E-state index in [9.17, 15) is 0 Å². The predicted octanol–water partition coefficient (Wildman–Crippen LogP) is 3.20. The Morgan fingerprint density at radius 2 is 2.50 bits per heavy atom. The third-order valence-electron chi connectivity index (χ3n) is 3.21. The van der Waals surface area contributed by atoms with Crippen LogP contribution in [-0.4, -0.2) is 23.4 Å². The van der Waals surface area contributed by atoms with Gasteiger partial charge in [0.2, 0.25) is 0 Å². The van der Waals surface area contributed by atoms with Crippen molar-refractivity contribution >= 4 is 22.9 Å². The Kier molecular flexibility index (Phi) is 3.47. The third-order valence-corrected chi connectivity index (χ3v) is 4.34. The summed E-state index contributed by atoms with van der Waals surface area (Å²) in [4.78, 5) is 2.54. The molecule has 2 atom stereocenters. The first-order chi connectivity index (χ1) is 6.81. The van der Waals surface area contributed by atoms with E-state index < -0.39 is 0 Å². The summed E-state index contributed by atoms with van der Waals surface area (Å²) in [5.41, 5.74) is 1.44. The molecule has 0 radical (unpaired) electrons. The molecule has 0 amide bonds. The van der Waals surface area contributed by atoms with Crippen LogP contribution in [0.4, 0.5) is 0 Å². The average Bonchev–Trinajstić information content (AvgIpc) is 2.79. The first-order valence-corrected chi connectivity index (χ1v) is 6.60. The van der Waals surface area contributed by atoms with E-state index in [1.165, 1.54) is 18.5 Å². The maximum atomic E-state index is 5.93. The van der Waals surface area contributed by atoms with Gasteiger partial charge in [-0.25, -0.2) is 0 Å². The Bertz CT molecular complexity index is 273. The smallest absolute Gasteiger partial charge is 0.0267 e. The molecule has 0 aliphatic carbocycles. The number of alkyl halides is 1. The first-order valence-electron chi connectivity index (χ1n) is 5.12. The topological polar surface area (TPSA) is 3.24 Å². The summed E-state index contributed by atoms with van der Waals surface area (Å²) in [5, 5.41) is 4.38. The Morgan fingerprint density at radius 1 is 1.64 bits per heavy atom. The molecule has 0 bridgehead atoms. The van der Waals surface area contributed by atoms with Gasteiger partial charge in [0.05, 0.1) is 0 Å². The summed E-state index contributed by atoms with van der Waals surface area (Å²) < 4.78 is 0. The van der Waals surface area contributed by atoms with Crippen LogP contribution in [0.15, 0.2) is 16.8 Å². The van der Waals surface area contributed by atoms with E-state index in [1.54, 1.807) is 11.3 Å². The SMILES string of the molecule is CC1C(CCl)CCN1Cc1ccsc1. The molecule has 2 rings (SSSR count). The van der Waals surface area contributed by atoms with Crippen molar-refractivity contribution in [2.75, 3.05) is 12.4 Å². The molecule has 1 aliphatic rings. The van der Waals surface area contributed by atoms with Crippen molar-refractivity contribution < 1.29 is 0 Å². The van der Waals surface area contributed by atoms with Gasteiger partial charge in [-0.05, 0) is 48.2 Å². The summed E-state index contributed by atoms with van der Waals surface area (Å²) in [6.07, 6.45) is 1.26. The summed E-state index contributed by atoms with van der Waals surface area (Å²) in [6.45, 7) is 4.60. The molecule has 2 unspecified atom stereocenters. The highest BCUT2D eigenvalue weighted by Crippen LogP contribution is 2.26. The van der Waals surface area contributed by atoms with E-state index in [-0.39, 0.29) is 0 Å². The molecule has 1 saturated heterocycles. The summed E-state index contributed by atoms with van der Waals surface area (Å²) in [6, 6.07) is 2.86. The fourth-order valence-electron chi connectivity index (χ4n) is 2.12. The van der Waals surface area contributed by atoms with Gasteiger partial charge < -0.3 is 0 Å².